The molecule has 2 aromatic carbocycles. The molecule has 2 atom stereocenters. The summed E-state index contributed by atoms with van der Waals surface area (Å²) in [6.45, 7) is 2.93. The molecule has 4 rings (SSSR count). The summed E-state index contributed by atoms with van der Waals surface area (Å²) in [4.78, 5) is 2.51. The summed E-state index contributed by atoms with van der Waals surface area (Å²) in [5, 5.41) is 11.3. The zero-order valence-electron chi connectivity index (χ0n) is 15.4. The lowest BCUT2D eigenvalue weighted by Crippen LogP contribution is -2.49. The smallest absolute Gasteiger partial charge is 0.123 e. The number of hydrogen-bond donors (Lipinski definition) is 1. The Morgan fingerprint density at radius 2 is 1.88 bits per heavy atom. The van der Waals surface area contributed by atoms with Gasteiger partial charge in [-0.15, -0.1) is 0 Å². The predicted molar refractivity (Wildman–Crippen MR) is 99.6 cm³/mol. The lowest BCUT2D eigenvalue weighted by atomic mass is 9.80. The highest BCUT2D eigenvalue weighted by Gasteiger charge is 2.48. The van der Waals surface area contributed by atoms with Gasteiger partial charge in [-0.2, -0.15) is 0 Å². The van der Waals surface area contributed by atoms with Gasteiger partial charge in [0.2, 0.25) is 0 Å². The van der Waals surface area contributed by atoms with Crippen LogP contribution in [0.25, 0.3) is 0 Å². The molecule has 26 heavy (non-hydrogen) atoms. The molecule has 2 aliphatic rings. The number of aliphatic hydroxyl groups is 1. The van der Waals surface area contributed by atoms with Crippen LogP contribution in [0.15, 0.2) is 42.5 Å². The zero-order valence-corrected chi connectivity index (χ0v) is 15.4. The van der Waals surface area contributed by atoms with Gasteiger partial charge in [-0.1, -0.05) is 29.8 Å². The largest absolute Gasteiger partial charge is 0.496 e. The van der Waals surface area contributed by atoms with Gasteiger partial charge in [0.1, 0.15) is 11.6 Å². The first kappa shape index (κ1) is 17.5. The van der Waals surface area contributed by atoms with Gasteiger partial charge < -0.3 is 9.84 Å². The number of fused-ring (bicyclic) bond motifs is 2. The molecule has 0 aliphatic carbocycles. The fourth-order valence-electron chi connectivity index (χ4n) is 4.82. The Kier molecular flexibility index (Phi) is 4.49. The van der Waals surface area contributed by atoms with E-state index in [1.165, 1.54) is 23.3 Å². The minimum absolute atomic E-state index is 0.282. The van der Waals surface area contributed by atoms with Crippen LogP contribution in [0.3, 0.4) is 0 Å². The number of rotatable bonds is 4. The minimum Gasteiger partial charge on any atom is -0.496 e. The lowest BCUT2D eigenvalue weighted by Gasteiger charge is -2.44. The highest BCUT2D eigenvalue weighted by Crippen LogP contribution is 2.46. The molecule has 2 aromatic rings. The van der Waals surface area contributed by atoms with Crippen molar-refractivity contribution in [1.82, 2.24) is 4.90 Å². The fourth-order valence-corrected chi connectivity index (χ4v) is 4.82. The number of hydrogen-bond acceptors (Lipinski definition) is 3. The Bertz CT molecular complexity index is 792. The SMILES string of the molecule is COc1ccc(C)cc1CN1[C@@H]2CC[C@@H]1CC(O)(c1cccc(F)c1)C2. The summed E-state index contributed by atoms with van der Waals surface area (Å²) < 4.78 is 19.2. The van der Waals surface area contributed by atoms with Crippen LogP contribution in [0.4, 0.5) is 4.39 Å². The van der Waals surface area contributed by atoms with Crippen LogP contribution < -0.4 is 4.74 Å². The van der Waals surface area contributed by atoms with Crippen molar-refractivity contribution in [3.8, 4) is 5.75 Å². The standard InChI is InChI=1S/C22H26FNO2/c1-15-6-9-21(26-2)16(10-15)14-24-19-7-8-20(24)13-22(25,12-19)17-4-3-5-18(23)11-17/h3-6,9-11,19-20,25H,7-8,12-14H2,1-2H3/t19-,20-/m1/s1. The van der Waals surface area contributed by atoms with Crippen molar-refractivity contribution >= 4 is 0 Å². The Morgan fingerprint density at radius 1 is 1.15 bits per heavy atom. The third kappa shape index (κ3) is 3.12. The van der Waals surface area contributed by atoms with E-state index in [1.807, 2.05) is 12.1 Å². The summed E-state index contributed by atoms with van der Waals surface area (Å²) in [5.74, 6) is 0.635. The van der Waals surface area contributed by atoms with Gasteiger partial charge in [0.15, 0.2) is 0 Å². The Labute approximate surface area is 154 Å². The van der Waals surface area contributed by atoms with Gasteiger partial charge in [-0.05, 0) is 56.4 Å². The third-order valence-corrected chi connectivity index (χ3v) is 6.07. The zero-order chi connectivity index (χ0) is 18.3. The molecule has 3 nitrogen and oxygen atoms in total. The van der Waals surface area contributed by atoms with Crippen LogP contribution >= 0.6 is 0 Å². The quantitative estimate of drug-likeness (QED) is 0.894. The molecule has 4 heteroatoms. The van der Waals surface area contributed by atoms with Gasteiger partial charge in [0.05, 0.1) is 12.7 Å². The molecule has 0 unspecified atom stereocenters. The summed E-state index contributed by atoms with van der Waals surface area (Å²) in [6, 6.07) is 13.4. The number of ether oxygens (including phenoxy) is 1. The van der Waals surface area contributed by atoms with Crippen LogP contribution in [0.2, 0.25) is 0 Å². The maximum atomic E-state index is 13.7. The van der Waals surface area contributed by atoms with Crippen molar-refractivity contribution in [3.05, 3.63) is 65.0 Å². The van der Waals surface area contributed by atoms with E-state index in [4.69, 9.17) is 4.74 Å². The monoisotopic (exact) mass is 355 g/mol. The van der Waals surface area contributed by atoms with Gasteiger partial charge in [0.25, 0.3) is 0 Å². The second-order valence-corrected chi connectivity index (χ2v) is 7.82. The van der Waals surface area contributed by atoms with E-state index >= 15 is 0 Å². The first-order valence-electron chi connectivity index (χ1n) is 9.36. The van der Waals surface area contributed by atoms with Gasteiger partial charge in [-0.25, -0.2) is 4.39 Å². The van der Waals surface area contributed by atoms with Crippen LogP contribution in [0, 0.1) is 12.7 Å². The minimum atomic E-state index is -0.929. The van der Waals surface area contributed by atoms with Crippen molar-refractivity contribution in [2.75, 3.05) is 7.11 Å². The van der Waals surface area contributed by atoms with E-state index in [9.17, 15) is 9.50 Å². The summed E-state index contributed by atoms with van der Waals surface area (Å²) in [7, 11) is 1.71. The molecule has 2 bridgehead atoms. The molecule has 0 aromatic heterocycles. The maximum absolute atomic E-state index is 13.7. The second-order valence-electron chi connectivity index (χ2n) is 7.82. The van der Waals surface area contributed by atoms with Crippen molar-refractivity contribution in [2.45, 2.75) is 56.8 Å². The van der Waals surface area contributed by atoms with Crippen LogP contribution in [0.5, 0.6) is 5.75 Å². The average molecular weight is 355 g/mol. The van der Waals surface area contributed by atoms with E-state index in [0.717, 1.165) is 25.1 Å². The molecular weight excluding hydrogens is 329 g/mol. The van der Waals surface area contributed by atoms with Crippen molar-refractivity contribution in [3.63, 3.8) is 0 Å². The van der Waals surface area contributed by atoms with Gasteiger partial charge >= 0.3 is 0 Å². The molecule has 0 saturated carbocycles. The van der Waals surface area contributed by atoms with Gasteiger partial charge in [-0.3, -0.25) is 4.90 Å². The van der Waals surface area contributed by atoms with Crippen LogP contribution in [0.1, 0.15) is 42.4 Å². The first-order chi connectivity index (χ1) is 12.5. The number of piperidine rings is 1. The summed E-state index contributed by atoms with van der Waals surface area (Å²) in [6.07, 6.45) is 3.47. The number of methoxy groups -OCH3 is 1. The molecule has 0 amide bonds. The molecule has 2 fully saturated rings. The number of nitrogens with zero attached hydrogens (tertiary/aromatic N) is 1. The number of halogens is 1. The molecule has 138 valence electrons. The topological polar surface area (TPSA) is 32.7 Å². The molecule has 0 radical (unpaired) electrons. The highest BCUT2D eigenvalue weighted by molar-refractivity contribution is 5.37. The summed E-state index contributed by atoms with van der Waals surface area (Å²) in [5.41, 5.74) is 2.20. The lowest BCUT2D eigenvalue weighted by molar-refractivity contribution is -0.0597. The second kappa shape index (κ2) is 6.67. The van der Waals surface area contributed by atoms with Crippen molar-refractivity contribution < 1.29 is 14.2 Å². The van der Waals surface area contributed by atoms with E-state index in [1.54, 1.807) is 13.2 Å². The molecule has 1 N–H and O–H groups in total. The molecule has 2 saturated heterocycles. The van der Waals surface area contributed by atoms with E-state index in [-0.39, 0.29) is 5.82 Å². The molecule has 0 spiro atoms. The Morgan fingerprint density at radius 3 is 2.54 bits per heavy atom. The molecular formula is C22H26FNO2. The van der Waals surface area contributed by atoms with Crippen molar-refractivity contribution in [2.24, 2.45) is 0 Å². The van der Waals surface area contributed by atoms with E-state index < -0.39 is 5.60 Å². The first-order valence-corrected chi connectivity index (χ1v) is 9.36. The van der Waals surface area contributed by atoms with E-state index in [0.29, 0.717) is 30.5 Å². The predicted octanol–water partition coefficient (Wildman–Crippen LogP) is 4.16. The highest BCUT2D eigenvalue weighted by atomic mass is 19.1. The number of benzene rings is 2. The Hall–Kier alpha value is -1.91. The number of aryl methyl sites for hydroxylation is 1. The average Bonchev–Trinajstić information content (AvgIpc) is 2.86. The maximum Gasteiger partial charge on any atom is 0.123 e. The molecule has 2 aliphatic heterocycles. The van der Waals surface area contributed by atoms with Gasteiger partial charge in [0, 0.05) is 24.2 Å². The normalized spacial score (nSPS) is 28.3. The Balaban J connectivity index is 1.57. The van der Waals surface area contributed by atoms with Crippen LogP contribution in [-0.2, 0) is 12.1 Å². The fraction of sp³-hybridized carbons (Fsp3) is 0.455. The molecule has 2 heterocycles. The van der Waals surface area contributed by atoms with Crippen molar-refractivity contribution in [1.29, 1.82) is 0 Å². The van der Waals surface area contributed by atoms with E-state index in [2.05, 4.69) is 24.0 Å². The van der Waals surface area contributed by atoms with Crippen LogP contribution in [-0.4, -0.2) is 29.2 Å². The third-order valence-electron chi connectivity index (χ3n) is 6.07. The summed E-state index contributed by atoms with van der Waals surface area (Å²) >= 11 is 0.